The Kier molecular flexibility index (Phi) is 7.20. The molecule has 1 aromatic carbocycles. The van der Waals surface area contributed by atoms with E-state index < -0.39 is 12.3 Å². The molecule has 0 radical (unpaired) electrons. The van der Waals surface area contributed by atoms with Gasteiger partial charge in [-0.05, 0) is 43.0 Å². The molecule has 2 saturated heterocycles. The number of nitrogens with zero attached hydrogens (tertiary/aromatic N) is 5. The average Bonchev–Trinajstić information content (AvgIpc) is 3.44. The highest BCUT2D eigenvalue weighted by Gasteiger charge is 2.31. The summed E-state index contributed by atoms with van der Waals surface area (Å²) in [6, 6.07) is 9.89. The molecule has 36 heavy (non-hydrogen) atoms. The number of hydrogen-bond acceptors (Lipinski definition) is 5. The summed E-state index contributed by atoms with van der Waals surface area (Å²) < 4.78 is 13.4. The molecule has 0 spiro atoms. The number of carbonyl (C=O) groups is 2. The van der Waals surface area contributed by atoms with E-state index in [1.807, 2.05) is 0 Å². The summed E-state index contributed by atoms with van der Waals surface area (Å²) in [7, 11) is 0. The van der Waals surface area contributed by atoms with Crippen molar-refractivity contribution in [2.45, 2.75) is 45.1 Å². The number of aliphatic hydroxyl groups is 1. The van der Waals surface area contributed by atoms with Gasteiger partial charge in [-0.2, -0.15) is 0 Å². The monoisotopic (exact) mass is 495 g/mol. The number of aryl methyl sites for hydroxylation is 1. The molecule has 9 heteroatoms. The van der Waals surface area contributed by atoms with Crippen LogP contribution in [0.2, 0.25) is 0 Å². The van der Waals surface area contributed by atoms with Crippen LogP contribution in [0.3, 0.4) is 0 Å². The van der Waals surface area contributed by atoms with Crippen LogP contribution < -0.4 is 0 Å². The van der Waals surface area contributed by atoms with Gasteiger partial charge in [0.15, 0.2) is 0 Å². The summed E-state index contributed by atoms with van der Waals surface area (Å²) in [5, 5.41) is 10.7. The number of rotatable bonds is 7. The molecule has 0 unspecified atom stereocenters. The molecule has 4 heterocycles. The highest BCUT2D eigenvalue weighted by atomic mass is 19.1. The Morgan fingerprint density at radius 1 is 1.11 bits per heavy atom. The molecule has 5 rings (SSSR count). The zero-order valence-electron chi connectivity index (χ0n) is 20.8. The second kappa shape index (κ2) is 10.5. The molecule has 2 fully saturated rings. The standard InChI is InChI=1S/C27H34FN5O3/c1-19-2-3-20-6-8-30(14-22(20)12-19)17-25(34)18-33-11-10-32(27(33)36)16-24-5-4-21(13-29-24)26(35)31-9-7-23(28)15-31/h2-5,12-13,23,25,34H,6-11,14-18H2,1H3/t23-,25-/m1/s1. The number of likely N-dealkylation sites (tertiary alicyclic amines) is 1. The molecule has 1 N–H and O–H groups in total. The summed E-state index contributed by atoms with van der Waals surface area (Å²) in [6.45, 7) is 6.70. The number of halogens is 1. The number of amides is 3. The number of pyridine rings is 1. The van der Waals surface area contributed by atoms with Crippen molar-refractivity contribution >= 4 is 11.9 Å². The fourth-order valence-electron chi connectivity index (χ4n) is 5.38. The lowest BCUT2D eigenvalue weighted by molar-refractivity contribution is 0.0782. The zero-order valence-corrected chi connectivity index (χ0v) is 20.8. The van der Waals surface area contributed by atoms with E-state index in [-0.39, 0.29) is 18.5 Å². The van der Waals surface area contributed by atoms with Crippen molar-refractivity contribution in [2.75, 3.05) is 45.8 Å². The minimum Gasteiger partial charge on any atom is -0.390 e. The van der Waals surface area contributed by atoms with Gasteiger partial charge >= 0.3 is 6.03 Å². The Morgan fingerprint density at radius 2 is 1.94 bits per heavy atom. The number of carbonyl (C=O) groups excluding carboxylic acids is 2. The SMILES string of the molecule is Cc1ccc2c(c1)CN(C[C@@H](O)CN1CCN(Cc3ccc(C(=O)N4CC[C@@H](F)C4)cn3)C1=O)CC2. The van der Waals surface area contributed by atoms with Crippen molar-refractivity contribution < 1.29 is 19.1 Å². The normalized spacial score (nSPS) is 21.2. The number of urea groups is 1. The van der Waals surface area contributed by atoms with Crippen LogP contribution in [0.5, 0.6) is 0 Å². The quantitative estimate of drug-likeness (QED) is 0.637. The van der Waals surface area contributed by atoms with Gasteiger partial charge in [0.2, 0.25) is 0 Å². The molecule has 0 aliphatic carbocycles. The number of aliphatic hydroxyl groups excluding tert-OH is 1. The molecule has 0 saturated carbocycles. The van der Waals surface area contributed by atoms with E-state index in [2.05, 4.69) is 35.0 Å². The first-order valence-electron chi connectivity index (χ1n) is 12.8. The Hall–Kier alpha value is -3.04. The Labute approximate surface area is 211 Å². The number of benzene rings is 1. The molecule has 1 aromatic heterocycles. The van der Waals surface area contributed by atoms with E-state index in [0.29, 0.717) is 56.9 Å². The first kappa shape index (κ1) is 24.6. The van der Waals surface area contributed by atoms with Crippen molar-refractivity contribution in [1.82, 2.24) is 24.6 Å². The highest BCUT2D eigenvalue weighted by Crippen LogP contribution is 2.21. The molecular formula is C27H34FN5O3. The van der Waals surface area contributed by atoms with Gasteiger partial charge in [0, 0.05) is 52.0 Å². The molecule has 8 nitrogen and oxygen atoms in total. The first-order chi connectivity index (χ1) is 17.4. The summed E-state index contributed by atoms with van der Waals surface area (Å²) >= 11 is 0. The van der Waals surface area contributed by atoms with Crippen LogP contribution in [0.1, 0.15) is 39.2 Å². The van der Waals surface area contributed by atoms with Gasteiger partial charge in [0.25, 0.3) is 5.91 Å². The average molecular weight is 496 g/mol. The van der Waals surface area contributed by atoms with Crippen molar-refractivity contribution in [2.24, 2.45) is 0 Å². The number of aromatic nitrogens is 1. The van der Waals surface area contributed by atoms with Gasteiger partial charge in [-0.25, -0.2) is 9.18 Å². The Morgan fingerprint density at radius 3 is 2.69 bits per heavy atom. The maximum Gasteiger partial charge on any atom is 0.320 e. The predicted molar refractivity (Wildman–Crippen MR) is 133 cm³/mol. The predicted octanol–water partition coefficient (Wildman–Crippen LogP) is 2.23. The molecule has 3 aliphatic rings. The molecule has 2 aromatic rings. The lowest BCUT2D eigenvalue weighted by atomic mass is 9.97. The zero-order chi connectivity index (χ0) is 25.2. The van der Waals surface area contributed by atoms with E-state index in [1.165, 1.54) is 27.8 Å². The third-order valence-electron chi connectivity index (χ3n) is 7.38. The van der Waals surface area contributed by atoms with Crippen molar-refractivity contribution in [1.29, 1.82) is 0 Å². The number of β-amino-alcohol motifs (C(OH)–C–C–N with tert-alkyl or cyclic N) is 1. The molecule has 3 amide bonds. The number of hydrogen-bond donors (Lipinski definition) is 1. The van der Waals surface area contributed by atoms with Crippen LogP contribution in [0, 0.1) is 6.92 Å². The number of fused-ring (bicyclic) bond motifs is 1. The van der Waals surface area contributed by atoms with E-state index in [1.54, 1.807) is 21.9 Å². The second-order valence-corrected chi connectivity index (χ2v) is 10.2. The molecular weight excluding hydrogens is 461 g/mol. The molecule has 2 atom stereocenters. The van der Waals surface area contributed by atoms with Crippen LogP contribution in [0.25, 0.3) is 0 Å². The van der Waals surface area contributed by atoms with Gasteiger partial charge in [0.05, 0.1) is 30.5 Å². The van der Waals surface area contributed by atoms with Gasteiger partial charge in [-0.3, -0.25) is 14.7 Å². The van der Waals surface area contributed by atoms with Gasteiger partial charge < -0.3 is 19.8 Å². The van der Waals surface area contributed by atoms with Crippen LogP contribution in [-0.4, -0.2) is 99.7 Å². The smallest absolute Gasteiger partial charge is 0.320 e. The first-order valence-corrected chi connectivity index (χ1v) is 12.8. The maximum atomic E-state index is 13.4. The van der Waals surface area contributed by atoms with Crippen LogP contribution in [0.4, 0.5) is 9.18 Å². The van der Waals surface area contributed by atoms with E-state index in [0.717, 1.165) is 19.5 Å². The van der Waals surface area contributed by atoms with E-state index in [9.17, 15) is 19.1 Å². The van der Waals surface area contributed by atoms with Crippen LogP contribution in [0.15, 0.2) is 36.5 Å². The Balaban J connectivity index is 1.10. The van der Waals surface area contributed by atoms with E-state index >= 15 is 0 Å². The fraction of sp³-hybridized carbons (Fsp3) is 0.519. The molecule has 0 bridgehead atoms. The van der Waals surface area contributed by atoms with Gasteiger partial charge in [-0.15, -0.1) is 0 Å². The van der Waals surface area contributed by atoms with E-state index in [4.69, 9.17) is 0 Å². The fourth-order valence-corrected chi connectivity index (χ4v) is 5.38. The Bertz CT molecular complexity index is 1110. The topological polar surface area (TPSA) is 80.2 Å². The van der Waals surface area contributed by atoms with Crippen molar-refractivity contribution in [3.8, 4) is 0 Å². The van der Waals surface area contributed by atoms with Crippen molar-refractivity contribution in [3.05, 3.63) is 64.5 Å². The maximum absolute atomic E-state index is 13.4. The third kappa shape index (κ3) is 5.52. The summed E-state index contributed by atoms with van der Waals surface area (Å²) in [4.78, 5) is 37.0. The highest BCUT2D eigenvalue weighted by molar-refractivity contribution is 5.94. The summed E-state index contributed by atoms with van der Waals surface area (Å²) in [5.74, 6) is -0.209. The minimum absolute atomic E-state index is 0.110. The lowest BCUT2D eigenvalue weighted by Crippen LogP contribution is -2.43. The van der Waals surface area contributed by atoms with Gasteiger partial charge in [0.1, 0.15) is 6.17 Å². The third-order valence-corrected chi connectivity index (χ3v) is 7.38. The molecule has 3 aliphatic heterocycles. The van der Waals surface area contributed by atoms with Crippen molar-refractivity contribution in [3.63, 3.8) is 0 Å². The second-order valence-electron chi connectivity index (χ2n) is 10.2. The largest absolute Gasteiger partial charge is 0.390 e. The summed E-state index contributed by atoms with van der Waals surface area (Å²) in [5.41, 5.74) is 5.07. The van der Waals surface area contributed by atoms with Crippen LogP contribution in [-0.2, 0) is 19.5 Å². The van der Waals surface area contributed by atoms with Crippen LogP contribution >= 0.6 is 0 Å². The minimum atomic E-state index is -0.954. The van der Waals surface area contributed by atoms with Gasteiger partial charge in [-0.1, -0.05) is 23.8 Å². The lowest BCUT2D eigenvalue weighted by Gasteiger charge is -2.31. The summed E-state index contributed by atoms with van der Waals surface area (Å²) in [6.07, 6.45) is 1.29. The number of alkyl halides is 1. The molecule has 192 valence electrons.